The van der Waals surface area contributed by atoms with Crippen LogP contribution in [0.5, 0.6) is 0 Å². The van der Waals surface area contributed by atoms with Crippen molar-refractivity contribution in [3.8, 4) is 0 Å². The van der Waals surface area contributed by atoms with Gasteiger partial charge in [0.05, 0.1) is 12.5 Å². The summed E-state index contributed by atoms with van der Waals surface area (Å²) in [5.41, 5.74) is 13.2. The third-order valence-corrected chi connectivity index (χ3v) is 7.37. The number of aromatic nitrogens is 1. The Bertz CT molecular complexity index is 1500. The van der Waals surface area contributed by atoms with Crippen LogP contribution in [0.2, 0.25) is 0 Å². The Morgan fingerprint density at radius 3 is 2.16 bits per heavy atom. The fraction of sp³-hybridized carbons (Fsp3) is 0.345. The van der Waals surface area contributed by atoms with Gasteiger partial charge in [-0.1, -0.05) is 18.2 Å². The zero-order chi connectivity index (χ0) is 32.4. The SMILES string of the molecule is CSCC[C@H](NC(=O)[C@H](N)Cc1c[nH]c2ccccc12)C(=O)N[C@@H](CC(=O)O)C(=O)N[C@@H](Cc1cc(F)cc(F)c1)C(N)=O. The number of hydrogen-bond acceptors (Lipinski definition) is 7. The molecule has 4 atom stereocenters. The Morgan fingerprint density at radius 1 is 0.909 bits per heavy atom. The van der Waals surface area contributed by atoms with Gasteiger partial charge < -0.3 is 37.5 Å². The Kier molecular flexibility index (Phi) is 12.2. The molecule has 0 radical (unpaired) electrons. The number of aliphatic carboxylic acids is 1. The minimum atomic E-state index is -1.68. The Hall–Kier alpha value is -4.50. The first-order chi connectivity index (χ1) is 20.9. The zero-order valence-electron chi connectivity index (χ0n) is 23.8. The van der Waals surface area contributed by atoms with Crippen LogP contribution in [0.25, 0.3) is 10.9 Å². The number of fused-ring (bicyclic) bond motifs is 1. The van der Waals surface area contributed by atoms with Gasteiger partial charge in [-0.3, -0.25) is 24.0 Å². The number of halogens is 2. The summed E-state index contributed by atoms with van der Waals surface area (Å²) in [5, 5.41) is 17.4. The molecule has 0 spiro atoms. The van der Waals surface area contributed by atoms with Crippen molar-refractivity contribution in [2.45, 2.75) is 49.9 Å². The summed E-state index contributed by atoms with van der Waals surface area (Å²) in [4.78, 5) is 66.0. The molecule has 4 amide bonds. The Labute approximate surface area is 255 Å². The van der Waals surface area contributed by atoms with E-state index >= 15 is 0 Å². The summed E-state index contributed by atoms with van der Waals surface area (Å²) in [6.45, 7) is 0. The molecular weight excluding hydrogens is 598 g/mol. The number of carbonyl (C=O) groups excluding carboxylic acids is 4. The number of nitrogens with one attached hydrogen (secondary N) is 4. The summed E-state index contributed by atoms with van der Waals surface area (Å²) >= 11 is 1.39. The molecule has 0 aliphatic heterocycles. The second-order valence-corrected chi connectivity index (χ2v) is 11.1. The molecule has 9 N–H and O–H groups in total. The number of thioether (sulfide) groups is 1. The number of carboxylic acid groups (broad SMARTS) is 1. The fourth-order valence-electron chi connectivity index (χ4n) is 4.53. The third kappa shape index (κ3) is 9.77. The highest BCUT2D eigenvalue weighted by Crippen LogP contribution is 2.19. The van der Waals surface area contributed by atoms with Gasteiger partial charge in [0.1, 0.15) is 29.8 Å². The van der Waals surface area contributed by atoms with Crippen LogP contribution in [0.3, 0.4) is 0 Å². The highest BCUT2D eigenvalue weighted by atomic mass is 32.2. The van der Waals surface area contributed by atoms with Gasteiger partial charge >= 0.3 is 5.97 Å². The van der Waals surface area contributed by atoms with Crippen molar-refractivity contribution < 1.29 is 37.9 Å². The number of amides is 4. The molecule has 1 heterocycles. The number of aromatic amines is 1. The van der Waals surface area contributed by atoms with Gasteiger partial charge in [0.25, 0.3) is 0 Å². The van der Waals surface area contributed by atoms with Crippen molar-refractivity contribution in [2.24, 2.45) is 11.5 Å². The predicted octanol–water partition coefficient (Wildman–Crippen LogP) is 0.726. The van der Waals surface area contributed by atoms with E-state index in [0.717, 1.165) is 28.6 Å². The predicted molar refractivity (Wildman–Crippen MR) is 160 cm³/mol. The lowest BCUT2D eigenvalue weighted by molar-refractivity contribution is -0.141. The van der Waals surface area contributed by atoms with Crippen LogP contribution in [-0.2, 0) is 36.8 Å². The van der Waals surface area contributed by atoms with Crippen LogP contribution in [0.4, 0.5) is 8.78 Å². The molecule has 15 heteroatoms. The van der Waals surface area contributed by atoms with Crippen molar-refractivity contribution in [1.82, 2.24) is 20.9 Å². The Morgan fingerprint density at radius 2 is 1.52 bits per heavy atom. The summed E-state index contributed by atoms with van der Waals surface area (Å²) in [6, 6.07) is 4.64. The van der Waals surface area contributed by atoms with Crippen LogP contribution < -0.4 is 27.4 Å². The van der Waals surface area contributed by atoms with E-state index in [-0.39, 0.29) is 18.4 Å². The largest absolute Gasteiger partial charge is 0.481 e. The molecule has 0 saturated heterocycles. The van der Waals surface area contributed by atoms with Crippen LogP contribution in [-0.4, -0.2) is 75.9 Å². The number of primary amides is 1. The molecule has 0 aliphatic rings. The lowest BCUT2D eigenvalue weighted by Gasteiger charge is -2.25. The maximum atomic E-state index is 13.6. The number of benzene rings is 2. The summed E-state index contributed by atoms with van der Waals surface area (Å²) in [6.07, 6.45) is 2.56. The molecule has 0 unspecified atom stereocenters. The average Bonchev–Trinajstić information content (AvgIpc) is 3.36. The van der Waals surface area contributed by atoms with Crippen LogP contribution >= 0.6 is 11.8 Å². The van der Waals surface area contributed by atoms with Crippen molar-refractivity contribution in [3.05, 3.63) is 71.4 Å². The van der Waals surface area contributed by atoms with Crippen molar-refractivity contribution in [2.75, 3.05) is 12.0 Å². The lowest BCUT2D eigenvalue weighted by atomic mass is 10.0. The fourth-order valence-corrected chi connectivity index (χ4v) is 5.00. The molecule has 3 rings (SSSR count). The van der Waals surface area contributed by atoms with Gasteiger partial charge in [-0.25, -0.2) is 8.78 Å². The van der Waals surface area contributed by atoms with Crippen LogP contribution in [0.15, 0.2) is 48.7 Å². The minimum absolute atomic E-state index is 0.00855. The number of hydrogen-bond donors (Lipinski definition) is 7. The van der Waals surface area contributed by atoms with E-state index in [1.54, 1.807) is 12.5 Å². The van der Waals surface area contributed by atoms with Gasteiger partial charge in [-0.05, 0) is 54.2 Å². The molecular formula is C29H34F2N6O6S. The summed E-state index contributed by atoms with van der Waals surface area (Å²) in [7, 11) is 0. The molecule has 0 fully saturated rings. The van der Waals surface area contributed by atoms with E-state index in [1.807, 2.05) is 24.3 Å². The normalized spacial score (nSPS) is 13.8. The summed E-state index contributed by atoms with van der Waals surface area (Å²) in [5.74, 6) is -6.46. The molecule has 236 valence electrons. The molecule has 1 aromatic heterocycles. The molecule has 2 aromatic carbocycles. The first-order valence-corrected chi connectivity index (χ1v) is 14.9. The molecule has 0 bridgehead atoms. The number of nitrogens with two attached hydrogens (primary N) is 2. The highest BCUT2D eigenvalue weighted by molar-refractivity contribution is 7.98. The molecule has 3 aromatic rings. The smallest absolute Gasteiger partial charge is 0.305 e. The van der Waals surface area contributed by atoms with E-state index < -0.39 is 78.2 Å². The van der Waals surface area contributed by atoms with E-state index in [1.165, 1.54) is 11.8 Å². The van der Waals surface area contributed by atoms with Gasteiger partial charge in [-0.2, -0.15) is 11.8 Å². The maximum absolute atomic E-state index is 13.6. The number of H-pyrrole nitrogens is 1. The number of rotatable bonds is 16. The average molecular weight is 633 g/mol. The number of carboxylic acids is 1. The van der Waals surface area contributed by atoms with E-state index in [0.29, 0.717) is 11.8 Å². The molecule has 12 nitrogen and oxygen atoms in total. The minimum Gasteiger partial charge on any atom is -0.481 e. The number of para-hydroxylation sites is 1. The van der Waals surface area contributed by atoms with Crippen molar-refractivity contribution in [3.63, 3.8) is 0 Å². The summed E-state index contributed by atoms with van der Waals surface area (Å²) < 4.78 is 27.2. The molecule has 0 saturated carbocycles. The first kappa shape index (κ1) is 34.0. The van der Waals surface area contributed by atoms with Crippen LogP contribution in [0.1, 0.15) is 24.0 Å². The highest BCUT2D eigenvalue weighted by Gasteiger charge is 2.31. The van der Waals surface area contributed by atoms with E-state index in [2.05, 4.69) is 20.9 Å². The molecule has 44 heavy (non-hydrogen) atoms. The van der Waals surface area contributed by atoms with Gasteiger partial charge in [0, 0.05) is 29.6 Å². The monoisotopic (exact) mass is 632 g/mol. The topological polar surface area (TPSA) is 209 Å². The first-order valence-electron chi connectivity index (χ1n) is 13.5. The van der Waals surface area contributed by atoms with Gasteiger partial charge in [0.2, 0.25) is 23.6 Å². The van der Waals surface area contributed by atoms with Crippen LogP contribution in [0, 0.1) is 11.6 Å². The van der Waals surface area contributed by atoms with Crippen molar-refractivity contribution in [1.29, 1.82) is 0 Å². The second kappa shape index (κ2) is 15.8. The standard InChI is InChI=1S/C29H34F2N6O6S/c1-44-7-6-22(35-27(41)20(32)11-16-14-34-21-5-3-2-4-19(16)21)28(42)37-24(13-25(38)39)29(43)36-23(26(33)40)10-15-8-17(30)12-18(31)9-15/h2-5,8-9,12,14,20,22-24,34H,6-7,10-11,13,32H2,1H3,(H2,33,40)(H,35,41)(H,36,43)(H,37,42)(H,38,39)/t20-,22+,23+,24+/m1/s1. The zero-order valence-corrected chi connectivity index (χ0v) is 24.6. The molecule has 0 aliphatic carbocycles. The third-order valence-electron chi connectivity index (χ3n) is 6.73. The quantitative estimate of drug-likeness (QED) is 0.119. The maximum Gasteiger partial charge on any atom is 0.305 e. The van der Waals surface area contributed by atoms with Gasteiger partial charge in [-0.15, -0.1) is 0 Å². The Balaban J connectivity index is 1.71. The number of carbonyl (C=O) groups is 5. The van der Waals surface area contributed by atoms with E-state index in [9.17, 15) is 37.9 Å². The lowest BCUT2D eigenvalue weighted by Crippen LogP contribution is -2.58. The van der Waals surface area contributed by atoms with Gasteiger partial charge in [0.15, 0.2) is 0 Å². The van der Waals surface area contributed by atoms with Crippen molar-refractivity contribution >= 4 is 52.3 Å². The second-order valence-electron chi connectivity index (χ2n) is 10.1. The van der Waals surface area contributed by atoms with E-state index in [4.69, 9.17) is 11.5 Å².